The van der Waals surface area contributed by atoms with Crippen molar-refractivity contribution in [3.05, 3.63) is 58.1 Å². The van der Waals surface area contributed by atoms with E-state index in [1.165, 1.54) is 6.07 Å². The maximum atomic E-state index is 12.4. The minimum Gasteiger partial charge on any atom is -0.456 e. The average molecular weight is 443 g/mol. The number of nitrogens with zero attached hydrogens (tertiary/aromatic N) is 2. The first kappa shape index (κ1) is 22.9. The Morgan fingerprint density at radius 3 is 2.75 bits per heavy atom. The molecule has 1 aliphatic rings. The molecule has 1 amide bonds. The molecule has 170 valence electrons. The van der Waals surface area contributed by atoms with Crippen molar-refractivity contribution in [1.82, 2.24) is 4.90 Å². The summed E-state index contributed by atoms with van der Waals surface area (Å²) >= 11 is 0. The van der Waals surface area contributed by atoms with Crippen LogP contribution in [-0.4, -0.2) is 48.2 Å². The van der Waals surface area contributed by atoms with Gasteiger partial charge in [0.1, 0.15) is 5.69 Å². The number of amides is 1. The largest absolute Gasteiger partial charge is 0.456 e. The van der Waals surface area contributed by atoms with Gasteiger partial charge < -0.3 is 24.4 Å². The van der Waals surface area contributed by atoms with E-state index in [0.29, 0.717) is 43.2 Å². The number of nitro groups is 1. The smallest absolute Gasteiger partial charge is 0.306 e. The van der Waals surface area contributed by atoms with Gasteiger partial charge in [0, 0.05) is 32.1 Å². The molecule has 0 bridgehead atoms. The van der Waals surface area contributed by atoms with Crippen LogP contribution in [0.3, 0.4) is 0 Å². The number of para-hydroxylation sites is 2. The number of likely N-dealkylation sites (N-methyl/N-ethyl adjacent to an activating group) is 1. The molecule has 0 fully saturated rings. The van der Waals surface area contributed by atoms with Crippen molar-refractivity contribution in [3.8, 4) is 11.5 Å². The standard InChI is InChI=1S/C22H25N3O7/c1-2-24(13-16-9-10-19-20(12-16)32-15-31-19)21(26)14-30-22(27)8-5-11-23-17-6-3-4-7-18(17)25(28)29/h3-4,6-7,9-10,12,23H,2,5,8,11,13-15H2,1H3. The number of fused-ring (bicyclic) bond motifs is 1. The molecule has 2 aromatic rings. The zero-order valence-electron chi connectivity index (χ0n) is 17.7. The number of nitrogens with one attached hydrogen (secondary N) is 1. The van der Waals surface area contributed by atoms with Crippen molar-refractivity contribution in [2.24, 2.45) is 0 Å². The predicted octanol–water partition coefficient (Wildman–Crippen LogP) is 3.11. The van der Waals surface area contributed by atoms with Gasteiger partial charge in [0.2, 0.25) is 6.79 Å². The number of rotatable bonds is 11. The zero-order chi connectivity index (χ0) is 22.9. The van der Waals surface area contributed by atoms with Crippen LogP contribution in [0, 0.1) is 10.1 Å². The minimum atomic E-state index is -0.498. The summed E-state index contributed by atoms with van der Waals surface area (Å²) in [5.74, 6) is 0.527. The normalized spacial score (nSPS) is 11.7. The molecule has 10 nitrogen and oxygen atoms in total. The van der Waals surface area contributed by atoms with Crippen molar-refractivity contribution in [1.29, 1.82) is 0 Å². The third-order valence-corrected chi connectivity index (χ3v) is 4.88. The molecule has 0 atom stereocenters. The quantitative estimate of drug-likeness (QED) is 0.243. The summed E-state index contributed by atoms with van der Waals surface area (Å²) in [6.07, 6.45) is 0.503. The molecular weight excluding hydrogens is 418 g/mol. The van der Waals surface area contributed by atoms with E-state index in [9.17, 15) is 19.7 Å². The number of anilines is 1. The fraction of sp³-hybridized carbons (Fsp3) is 0.364. The maximum Gasteiger partial charge on any atom is 0.306 e. The molecule has 3 rings (SSSR count). The molecule has 2 aromatic carbocycles. The third-order valence-electron chi connectivity index (χ3n) is 4.88. The first-order valence-corrected chi connectivity index (χ1v) is 10.3. The lowest BCUT2D eigenvalue weighted by Crippen LogP contribution is -2.34. The first-order valence-electron chi connectivity index (χ1n) is 10.3. The highest BCUT2D eigenvalue weighted by atomic mass is 16.7. The number of hydrogen-bond donors (Lipinski definition) is 1. The van der Waals surface area contributed by atoms with Gasteiger partial charge in [-0.3, -0.25) is 19.7 Å². The van der Waals surface area contributed by atoms with Crippen molar-refractivity contribution >= 4 is 23.3 Å². The van der Waals surface area contributed by atoms with Crippen LogP contribution in [-0.2, 0) is 20.9 Å². The molecule has 0 saturated carbocycles. The van der Waals surface area contributed by atoms with Crippen molar-refractivity contribution in [3.63, 3.8) is 0 Å². The van der Waals surface area contributed by atoms with Crippen LogP contribution >= 0.6 is 0 Å². The van der Waals surface area contributed by atoms with E-state index in [1.807, 2.05) is 19.1 Å². The Morgan fingerprint density at radius 1 is 1.19 bits per heavy atom. The van der Waals surface area contributed by atoms with Gasteiger partial charge in [-0.15, -0.1) is 0 Å². The van der Waals surface area contributed by atoms with E-state index in [-0.39, 0.29) is 31.4 Å². The van der Waals surface area contributed by atoms with Crippen LogP contribution in [0.15, 0.2) is 42.5 Å². The minimum absolute atomic E-state index is 0.0252. The Hall–Kier alpha value is -3.82. The van der Waals surface area contributed by atoms with Gasteiger partial charge in [-0.2, -0.15) is 0 Å². The number of carbonyl (C=O) groups is 2. The zero-order valence-corrected chi connectivity index (χ0v) is 17.7. The van der Waals surface area contributed by atoms with E-state index in [1.54, 1.807) is 29.2 Å². The monoisotopic (exact) mass is 443 g/mol. The van der Waals surface area contributed by atoms with E-state index in [4.69, 9.17) is 14.2 Å². The molecule has 0 aliphatic carbocycles. The number of nitro benzene ring substituents is 1. The van der Waals surface area contributed by atoms with Crippen molar-refractivity contribution < 1.29 is 28.7 Å². The van der Waals surface area contributed by atoms with Gasteiger partial charge in [-0.05, 0) is 37.1 Å². The highest BCUT2D eigenvalue weighted by Gasteiger charge is 2.18. The lowest BCUT2D eigenvalue weighted by molar-refractivity contribution is -0.384. The summed E-state index contributed by atoms with van der Waals surface area (Å²) in [6.45, 7) is 2.88. The highest BCUT2D eigenvalue weighted by Crippen LogP contribution is 2.32. The summed E-state index contributed by atoms with van der Waals surface area (Å²) in [5, 5.41) is 13.9. The molecular formula is C22H25N3O7. The maximum absolute atomic E-state index is 12.4. The molecule has 0 aromatic heterocycles. The Morgan fingerprint density at radius 2 is 1.97 bits per heavy atom. The Bertz CT molecular complexity index is 980. The predicted molar refractivity (Wildman–Crippen MR) is 115 cm³/mol. The molecule has 0 radical (unpaired) electrons. The second-order valence-corrected chi connectivity index (χ2v) is 7.06. The summed E-state index contributed by atoms with van der Waals surface area (Å²) in [4.78, 5) is 36.5. The van der Waals surface area contributed by atoms with Crippen molar-refractivity contribution in [2.45, 2.75) is 26.3 Å². The summed E-state index contributed by atoms with van der Waals surface area (Å²) in [5.41, 5.74) is 1.25. The molecule has 32 heavy (non-hydrogen) atoms. The molecule has 1 N–H and O–H groups in total. The third kappa shape index (κ3) is 6.10. The van der Waals surface area contributed by atoms with Crippen LogP contribution in [0.5, 0.6) is 11.5 Å². The van der Waals surface area contributed by atoms with Gasteiger partial charge in [0.15, 0.2) is 18.1 Å². The van der Waals surface area contributed by atoms with Crippen LogP contribution in [0.1, 0.15) is 25.3 Å². The van der Waals surface area contributed by atoms with E-state index in [2.05, 4.69) is 5.32 Å². The van der Waals surface area contributed by atoms with E-state index >= 15 is 0 Å². The molecule has 0 saturated heterocycles. The molecule has 10 heteroatoms. The SMILES string of the molecule is CCN(Cc1ccc2c(c1)OCO2)C(=O)COC(=O)CCCNc1ccccc1[N+](=O)[O-]. The topological polar surface area (TPSA) is 120 Å². The number of benzene rings is 2. The molecule has 1 aliphatic heterocycles. The van der Waals surface area contributed by atoms with Gasteiger partial charge in [0.25, 0.3) is 11.6 Å². The Balaban J connectivity index is 1.39. The average Bonchev–Trinajstić information content (AvgIpc) is 3.26. The number of carbonyl (C=O) groups excluding carboxylic acids is 2. The second kappa shape index (κ2) is 11.0. The van der Waals surface area contributed by atoms with Gasteiger partial charge in [0.05, 0.1) is 4.92 Å². The lowest BCUT2D eigenvalue weighted by atomic mass is 10.2. The van der Waals surface area contributed by atoms with E-state index in [0.717, 1.165) is 5.56 Å². The van der Waals surface area contributed by atoms with Gasteiger partial charge >= 0.3 is 5.97 Å². The Kier molecular flexibility index (Phi) is 7.85. The first-order chi connectivity index (χ1) is 15.5. The van der Waals surface area contributed by atoms with E-state index < -0.39 is 10.9 Å². The lowest BCUT2D eigenvalue weighted by Gasteiger charge is -2.21. The Labute approximate surface area is 185 Å². The fourth-order valence-electron chi connectivity index (χ4n) is 3.18. The van der Waals surface area contributed by atoms with Crippen LogP contribution in [0.25, 0.3) is 0 Å². The number of ether oxygens (including phenoxy) is 3. The molecule has 1 heterocycles. The van der Waals surface area contributed by atoms with Crippen LogP contribution in [0.2, 0.25) is 0 Å². The summed E-state index contributed by atoms with van der Waals surface area (Å²) in [7, 11) is 0. The number of hydrogen-bond acceptors (Lipinski definition) is 8. The highest BCUT2D eigenvalue weighted by molar-refractivity contribution is 5.80. The van der Waals surface area contributed by atoms with Crippen molar-refractivity contribution in [2.75, 3.05) is 31.8 Å². The second-order valence-electron chi connectivity index (χ2n) is 7.06. The van der Waals surface area contributed by atoms with Gasteiger partial charge in [-0.25, -0.2) is 0 Å². The molecule has 0 spiro atoms. The van der Waals surface area contributed by atoms with Crippen LogP contribution in [0.4, 0.5) is 11.4 Å². The molecule has 0 unspecified atom stereocenters. The van der Waals surface area contributed by atoms with Gasteiger partial charge in [-0.1, -0.05) is 18.2 Å². The van der Waals surface area contributed by atoms with Crippen LogP contribution < -0.4 is 14.8 Å². The summed E-state index contributed by atoms with van der Waals surface area (Å²) < 4.78 is 15.7. The summed E-state index contributed by atoms with van der Waals surface area (Å²) in [6, 6.07) is 11.8. The fourth-order valence-corrected chi connectivity index (χ4v) is 3.18. The number of esters is 1.